The van der Waals surface area contributed by atoms with Crippen molar-refractivity contribution in [3.63, 3.8) is 0 Å². The SMILES string of the molecule is CCOc1cc(/C=C(\C#N)C(=O)Nc2ccc(Cl)c([N+](=O)[O-])c2)cc(Br)c1OCc1ccccc1. The van der Waals surface area contributed by atoms with Crippen LogP contribution in [0.2, 0.25) is 5.02 Å². The number of nitriles is 1. The van der Waals surface area contributed by atoms with Crippen molar-refractivity contribution in [2.24, 2.45) is 0 Å². The number of rotatable bonds is 9. The summed E-state index contributed by atoms with van der Waals surface area (Å²) in [6.45, 7) is 2.53. The van der Waals surface area contributed by atoms with Crippen molar-refractivity contribution < 1.29 is 19.2 Å². The van der Waals surface area contributed by atoms with Crippen molar-refractivity contribution in [2.45, 2.75) is 13.5 Å². The molecule has 0 aliphatic rings. The van der Waals surface area contributed by atoms with E-state index < -0.39 is 10.8 Å². The van der Waals surface area contributed by atoms with Gasteiger partial charge in [-0.15, -0.1) is 0 Å². The number of nitro benzene ring substituents is 1. The number of hydrogen-bond acceptors (Lipinski definition) is 6. The maximum absolute atomic E-state index is 12.7. The number of ether oxygens (including phenoxy) is 2. The molecule has 0 atom stereocenters. The molecule has 1 N–H and O–H groups in total. The van der Waals surface area contributed by atoms with Crippen molar-refractivity contribution in [1.82, 2.24) is 0 Å². The molecule has 3 rings (SSSR count). The Morgan fingerprint density at radius 1 is 1.20 bits per heavy atom. The molecule has 0 aliphatic carbocycles. The zero-order chi connectivity index (χ0) is 25.4. The van der Waals surface area contributed by atoms with Gasteiger partial charge in [-0.2, -0.15) is 5.26 Å². The number of hydrogen-bond donors (Lipinski definition) is 1. The summed E-state index contributed by atoms with van der Waals surface area (Å²) in [6.07, 6.45) is 1.38. The standard InChI is InChI=1S/C25H19BrClN3O5/c1-2-34-23-12-17(11-20(26)24(23)35-15-16-6-4-3-5-7-16)10-18(14-28)25(31)29-19-8-9-21(27)22(13-19)30(32)33/h3-13H,2,15H2,1H3,(H,29,31)/b18-10+. The van der Waals surface area contributed by atoms with Crippen molar-refractivity contribution in [3.8, 4) is 17.6 Å². The third-order valence-electron chi connectivity index (χ3n) is 4.63. The molecule has 3 aromatic carbocycles. The highest BCUT2D eigenvalue weighted by Gasteiger charge is 2.17. The molecule has 0 aromatic heterocycles. The lowest BCUT2D eigenvalue weighted by Gasteiger charge is -2.15. The van der Waals surface area contributed by atoms with E-state index in [1.165, 1.54) is 18.2 Å². The quantitative estimate of drug-likeness (QED) is 0.139. The molecule has 0 saturated carbocycles. The molecule has 0 heterocycles. The van der Waals surface area contributed by atoms with Crippen LogP contribution in [0.3, 0.4) is 0 Å². The highest BCUT2D eigenvalue weighted by Crippen LogP contribution is 2.38. The Hall–Kier alpha value is -3.87. The maximum Gasteiger partial charge on any atom is 0.289 e. The molecule has 0 aliphatic heterocycles. The van der Waals surface area contributed by atoms with E-state index in [0.29, 0.717) is 34.7 Å². The lowest BCUT2D eigenvalue weighted by atomic mass is 10.1. The minimum absolute atomic E-state index is 0.0630. The van der Waals surface area contributed by atoms with Crippen LogP contribution in [0.15, 0.2) is 70.7 Å². The molecule has 8 nitrogen and oxygen atoms in total. The Morgan fingerprint density at radius 2 is 1.94 bits per heavy atom. The molecular weight excluding hydrogens is 538 g/mol. The summed E-state index contributed by atoms with van der Waals surface area (Å²) < 4.78 is 12.3. The second-order valence-corrected chi connectivity index (χ2v) is 8.35. The van der Waals surface area contributed by atoms with E-state index in [-0.39, 0.29) is 22.0 Å². The first-order valence-corrected chi connectivity index (χ1v) is 11.5. The Balaban J connectivity index is 1.85. The molecule has 0 fully saturated rings. The van der Waals surface area contributed by atoms with E-state index in [2.05, 4.69) is 21.2 Å². The Kier molecular flexibility index (Phi) is 8.84. The van der Waals surface area contributed by atoms with Crippen LogP contribution in [-0.4, -0.2) is 17.4 Å². The van der Waals surface area contributed by atoms with E-state index in [4.69, 9.17) is 21.1 Å². The van der Waals surface area contributed by atoms with Gasteiger partial charge < -0.3 is 14.8 Å². The fourth-order valence-electron chi connectivity index (χ4n) is 3.05. The first-order chi connectivity index (χ1) is 16.8. The van der Waals surface area contributed by atoms with Crippen LogP contribution >= 0.6 is 27.5 Å². The Morgan fingerprint density at radius 3 is 2.60 bits per heavy atom. The van der Waals surface area contributed by atoms with Crippen molar-refractivity contribution in [3.05, 3.63) is 97.0 Å². The number of benzene rings is 3. The summed E-state index contributed by atoms with van der Waals surface area (Å²) in [4.78, 5) is 23.1. The molecule has 0 saturated heterocycles. The first-order valence-electron chi connectivity index (χ1n) is 10.3. The molecule has 0 radical (unpaired) electrons. The predicted octanol–water partition coefficient (Wildman–Crippen LogP) is 6.53. The molecule has 178 valence electrons. The second-order valence-electron chi connectivity index (χ2n) is 7.08. The number of carbonyl (C=O) groups excluding carboxylic acids is 1. The third-order valence-corrected chi connectivity index (χ3v) is 5.54. The fourth-order valence-corrected chi connectivity index (χ4v) is 3.81. The van der Waals surface area contributed by atoms with Gasteiger partial charge in [0.2, 0.25) is 0 Å². The fraction of sp³-hybridized carbons (Fsp3) is 0.120. The number of nitrogens with zero attached hydrogens (tertiary/aromatic N) is 2. The van der Waals surface area contributed by atoms with Gasteiger partial charge in [-0.1, -0.05) is 41.9 Å². The van der Waals surface area contributed by atoms with Crippen LogP contribution in [0.5, 0.6) is 11.5 Å². The number of halogens is 2. The monoisotopic (exact) mass is 555 g/mol. The van der Waals surface area contributed by atoms with E-state index >= 15 is 0 Å². The smallest absolute Gasteiger partial charge is 0.289 e. The van der Waals surface area contributed by atoms with Gasteiger partial charge in [-0.05, 0) is 64.3 Å². The average molecular weight is 557 g/mol. The summed E-state index contributed by atoms with van der Waals surface area (Å²) in [5.41, 5.74) is 1.06. The number of amides is 1. The number of nitrogens with one attached hydrogen (secondary N) is 1. The first kappa shape index (κ1) is 25.7. The van der Waals surface area contributed by atoms with E-state index in [0.717, 1.165) is 11.6 Å². The molecule has 35 heavy (non-hydrogen) atoms. The van der Waals surface area contributed by atoms with Crippen LogP contribution in [0, 0.1) is 21.4 Å². The second kappa shape index (κ2) is 12.0. The molecule has 0 unspecified atom stereocenters. The van der Waals surface area contributed by atoms with Gasteiger partial charge in [0.05, 0.1) is 16.0 Å². The van der Waals surface area contributed by atoms with Crippen LogP contribution in [-0.2, 0) is 11.4 Å². The molecule has 0 spiro atoms. The Labute approximate surface area is 215 Å². The molecular formula is C25H19BrClN3O5. The van der Waals surface area contributed by atoms with Gasteiger partial charge in [0.1, 0.15) is 23.3 Å². The van der Waals surface area contributed by atoms with Crippen LogP contribution in [0.1, 0.15) is 18.1 Å². The van der Waals surface area contributed by atoms with Crippen molar-refractivity contribution >= 4 is 50.9 Å². The van der Waals surface area contributed by atoms with Crippen LogP contribution in [0.4, 0.5) is 11.4 Å². The van der Waals surface area contributed by atoms with Crippen LogP contribution in [0.25, 0.3) is 6.08 Å². The highest BCUT2D eigenvalue weighted by atomic mass is 79.9. The van der Waals surface area contributed by atoms with E-state index in [1.54, 1.807) is 12.1 Å². The topological polar surface area (TPSA) is 114 Å². The molecule has 10 heteroatoms. The minimum Gasteiger partial charge on any atom is -0.490 e. The summed E-state index contributed by atoms with van der Waals surface area (Å²) in [5.74, 6) is 0.196. The summed E-state index contributed by atoms with van der Waals surface area (Å²) in [6, 6.07) is 18.7. The van der Waals surface area contributed by atoms with Crippen LogP contribution < -0.4 is 14.8 Å². The summed E-state index contributed by atoms with van der Waals surface area (Å²) >= 11 is 9.28. The lowest BCUT2D eigenvalue weighted by molar-refractivity contribution is -0.384. The maximum atomic E-state index is 12.7. The van der Waals surface area contributed by atoms with Gasteiger partial charge in [0.15, 0.2) is 11.5 Å². The van der Waals surface area contributed by atoms with E-state index in [9.17, 15) is 20.2 Å². The van der Waals surface area contributed by atoms with E-state index in [1.807, 2.05) is 43.3 Å². The number of nitro groups is 1. The zero-order valence-corrected chi connectivity index (χ0v) is 20.8. The zero-order valence-electron chi connectivity index (χ0n) is 18.5. The minimum atomic E-state index is -0.734. The number of anilines is 1. The van der Waals surface area contributed by atoms with Gasteiger partial charge in [-0.3, -0.25) is 14.9 Å². The molecule has 1 amide bonds. The van der Waals surface area contributed by atoms with Gasteiger partial charge >= 0.3 is 0 Å². The largest absolute Gasteiger partial charge is 0.490 e. The molecule has 0 bridgehead atoms. The highest BCUT2D eigenvalue weighted by molar-refractivity contribution is 9.10. The van der Waals surface area contributed by atoms with Crippen molar-refractivity contribution in [1.29, 1.82) is 5.26 Å². The van der Waals surface area contributed by atoms with Crippen molar-refractivity contribution in [2.75, 3.05) is 11.9 Å². The van der Waals surface area contributed by atoms with Gasteiger partial charge in [-0.25, -0.2) is 0 Å². The summed E-state index contributed by atoms with van der Waals surface area (Å²) in [7, 11) is 0. The normalized spacial score (nSPS) is 10.9. The average Bonchev–Trinajstić information content (AvgIpc) is 2.83. The lowest BCUT2D eigenvalue weighted by Crippen LogP contribution is -2.13. The molecule has 3 aromatic rings. The van der Waals surface area contributed by atoms with Gasteiger partial charge in [0, 0.05) is 11.8 Å². The Bertz CT molecular complexity index is 1320. The third kappa shape index (κ3) is 6.82. The summed E-state index contributed by atoms with van der Waals surface area (Å²) in [5, 5.41) is 23.1. The predicted molar refractivity (Wildman–Crippen MR) is 136 cm³/mol. The van der Waals surface area contributed by atoms with Gasteiger partial charge in [0.25, 0.3) is 11.6 Å². The number of carbonyl (C=O) groups is 1.